The monoisotopic (exact) mass is 433 g/mol. The standard InChI is InChI=1S/C25H27N3O4/c1-19(25(30)27-16-21-7-6-14-26-15-21)28(17-20-10-12-22(31-2)13-11-20)24(29)18-32-23-8-4-3-5-9-23/h3-15,19H,16-18H2,1-2H3,(H,27,30). The third-order valence-electron chi connectivity index (χ3n) is 4.97. The Morgan fingerprint density at radius 2 is 1.72 bits per heavy atom. The first-order valence-corrected chi connectivity index (χ1v) is 10.3. The van der Waals surface area contributed by atoms with E-state index in [0.29, 0.717) is 12.3 Å². The molecule has 7 heteroatoms. The van der Waals surface area contributed by atoms with Crippen LogP contribution in [0.4, 0.5) is 0 Å². The van der Waals surface area contributed by atoms with Gasteiger partial charge in [0.1, 0.15) is 17.5 Å². The first kappa shape index (κ1) is 22.8. The fraction of sp³-hybridized carbons (Fsp3) is 0.240. The number of benzene rings is 2. The molecule has 3 rings (SSSR count). The number of amides is 2. The highest BCUT2D eigenvalue weighted by Crippen LogP contribution is 2.16. The van der Waals surface area contributed by atoms with Gasteiger partial charge in [0.2, 0.25) is 5.91 Å². The van der Waals surface area contributed by atoms with E-state index in [1.807, 2.05) is 54.6 Å². The number of pyridine rings is 1. The van der Waals surface area contributed by atoms with Crippen molar-refractivity contribution < 1.29 is 19.1 Å². The molecule has 7 nitrogen and oxygen atoms in total. The highest BCUT2D eigenvalue weighted by molar-refractivity contribution is 5.87. The summed E-state index contributed by atoms with van der Waals surface area (Å²) in [5, 5.41) is 2.88. The van der Waals surface area contributed by atoms with Gasteiger partial charge in [-0.15, -0.1) is 0 Å². The van der Waals surface area contributed by atoms with Crippen LogP contribution in [-0.2, 0) is 22.7 Å². The van der Waals surface area contributed by atoms with Crippen LogP contribution in [-0.4, -0.2) is 41.5 Å². The van der Waals surface area contributed by atoms with E-state index < -0.39 is 6.04 Å². The summed E-state index contributed by atoms with van der Waals surface area (Å²) in [7, 11) is 1.60. The van der Waals surface area contributed by atoms with E-state index in [4.69, 9.17) is 9.47 Å². The van der Waals surface area contributed by atoms with Crippen LogP contribution >= 0.6 is 0 Å². The Labute approximate surface area is 188 Å². The third kappa shape index (κ3) is 6.57. The number of nitrogens with one attached hydrogen (secondary N) is 1. The second kappa shape index (κ2) is 11.5. The van der Waals surface area contributed by atoms with E-state index in [-0.39, 0.29) is 25.0 Å². The minimum absolute atomic E-state index is 0.166. The second-order valence-corrected chi connectivity index (χ2v) is 7.23. The smallest absolute Gasteiger partial charge is 0.261 e. The van der Waals surface area contributed by atoms with Crippen LogP contribution in [0.2, 0.25) is 0 Å². The lowest BCUT2D eigenvalue weighted by Gasteiger charge is -2.28. The molecule has 0 bridgehead atoms. The minimum atomic E-state index is -0.694. The van der Waals surface area contributed by atoms with E-state index in [9.17, 15) is 9.59 Å². The fourth-order valence-corrected chi connectivity index (χ4v) is 3.09. The Bertz CT molecular complexity index is 995. The van der Waals surface area contributed by atoms with Crippen molar-refractivity contribution in [3.8, 4) is 11.5 Å². The molecule has 0 spiro atoms. The summed E-state index contributed by atoms with van der Waals surface area (Å²) >= 11 is 0. The number of hydrogen-bond acceptors (Lipinski definition) is 5. The summed E-state index contributed by atoms with van der Waals surface area (Å²) in [4.78, 5) is 31.5. The molecule has 3 aromatic rings. The SMILES string of the molecule is COc1ccc(CN(C(=O)COc2ccccc2)C(C)C(=O)NCc2cccnc2)cc1. The van der Waals surface area contributed by atoms with Crippen molar-refractivity contribution in [2.75, 3.05) is 13.7 Å². The first-order chi connectivity index (χ1) is 15.6. The van der Waals surface area contributed by atoms with Gasteiger partial charge >= 0.3 is 0 Å². The zero-order chi connectivity index (χ0) is 22.8. The number of rotatable bonds is 10. The fourth-order valence-electron chi connectivity index (χ4n) is 3.09. The topological polar surface area (TPSA) is 80.8 Å². The normalized spacial score (nSPS) is 11.3. The molecule has 0 fully saturated rings. The summed E-state index contributed by atoms with van der Waals surface area (Å²) < 4.78 is 10.8. The van der Waals surface area contributed by atoms with Crippen LogP contribution in [0.3, 0.4) is 0 Å². The molecule has 32 heavy (non-hydrogen) atoms. The van der Waals surface area contributed by atoms with Gasteiger partial charge in [0, 0.05) is 25.5 Å². The molecule has 166 valence electrons. The maximum Gasteiger partial charge on any atom is 0.261 e. The predicted octanol–water partition coefficient (Wildman–Crippen LogP) is 3.20. The molecule has 0 aliphatic rings. The Morgan fingerprint density at radius 3 is 2.38 bits per heavy atom. The Morgan fingerprint density at radius 1 is 0.969 bits per heavy atom. The van der Waals surface area contributed by atoms with Crippen LogP contribution in [0.5, 0.6) is 11.5 Å². The van der Waals surface area contributed by atoms with Crippen molar-refractivity contribution in [3.63, 3.8) is 0 Å². The molecule has 1 atom stereocenters. The lowest BCUT2D eigenvalue weighted by atomic mass is 10.1. The minimum Gasteiger partial charge on any atom is -0.497 e. The lowest BCUT2D eigenvalue weighted by molar-refractivity contribution is -0.142. The molecule has 2 aromatic carbocycles. The zero-order valence-electron chi connectivity index (χ0n) is 18.2. The van der Waals surface area contributed by atoms with Crippen molar-refractivity contribution >= 4 is 11.8 Å². The van der Waals surface area contributed by atoms with Gasteiger partial charge in [0.15, 0.2) is 6.61 Å². The van der Waals surface area contributed by atoms with Gasteiger partial charge in [0.05, 0.1) is 7.11 Å². The second-order valence-electron chi connectivity index (χ2n) is 7.23. The summed E-state index contributed by atoms with van der Waals surface area (Å²) in [5.74, 6) is 0.782. The van der Waals surface area contributed by atoms with Gasteiger partial charge in [-0.1, -0.05) is 36.4 Å². The van der Waals surface area contributed by atoms with E-state index in [1.54, 1.807) is 38.6 Å². The highest BCUT2D eigenvalue weighted by Gasteiger charge is 2.26. The number of nitrogens with zero attached hydrogens (tertiary/aromatic N) is 2. The summed E-state index contributed by atoms with van der Waals surface area (Å²) in [6, 6.07) is 19.5. The molecule has 2 amide bonds. The van der Waals surface area contributed by atoms with Crippen LogP contribution in [0.1, 0.15) is 18.1 Å². The molecule has 1 N–H and O–H groups in total. The molecule has 0 saturated carbocycles. The van der Waals surface area contributed by atoms with Gasteiger partial charge in [-0.05, 0) is 48.4 Å². The number of ether oxygens (including phenoxy) is 2. The average Bonchev–Trinajstić information content (AvgIpc) is 2.85. The van der Waals surface area contributed by atoms with Crippen LogP contribution < -0.4 is 14.8 Å². The van der Waals surface area contributed by atoms with Gasteiger partial charge in [-0.25, -0.2) is 0 Å². The maximum atomic E-state index is 13.1. The largest absolute Gasteiger partial charge is 0.497 e. The van der Waals surface area contributed by atoms with E-state index in [1.165, 1.54) is 4.90 Å². The van der Waals surface area contributed by atoms with Crippen LogP contribution in [0.15, 0.2) is 79.1 Å². The van der Waals surface area contributed by atoms with Crippen LogP contribution in [0.25, 0.3) is 0 Å². The number of hydrogen-bond donors (Lipinski definition) is 1. The molecule has 0 radical (unpaired) electrons. The van der Waals surface area contributed by atoms with Crippen molar-refractivity contribution in [1.82, 2.24) is 15.2 Å². The average molecular weight is 434 g/mol. The quantitative estimate of drug-likeness (QED) is 0.531. The number of carbonyl (C=O) groups is 2. The van der Waals surface area contributed by atoms with Crippen molar-refractivity contribution in [3.05, 3.63) is 90.3 Å². The lowest BCUT2D eigenvalue weighted by Crippen LogP contribution is -2.48. The molecule has 0 aliphatic carbocycles. The van der Waals surface area contributed by atoms with E-state index >= 15 is 0 Å². The number of aromatic nitrogens is 1. The Hall–Kier alpha value is -3.87. The predicted molar refractivity (Wildman–Crippen MR) is 121 cm³/mol. The molecular formula is C25H27N3O4. The maximum absolute atomic E-state index is 13.1. The molecular weight excluding hydrogens is 406 g/mol. The number of methoxy groups -OCH3 is 1. The summed E-state index contributed by atoms with van der Waals surface area (Å²) in [6.07, 6.45) is 3.37. The third-order valence-corrected chi connectivity index (χ3v) is 4.97. The first-order valence-electron chi connectivity index (χ1n) is 10.3. The number of para-hydroxylation sites is 1. The molecule has 1 aromatic heterocycles. The van der Waals surface area contributed by atoms with Crippen LogP contribution in [0, 0.1) is 0 Å². The Balaban J connectivity index is 1.69. The van der Waals surface area contributed by atoms with Gasteiger partial charge in [-0.2, -0.15) is 0 Å². The summed E-state index contributed by atoms with van der Waals surface area (Å²) in [5.41, 5.74) is 1.76. The molecule has 0 aliphatic heterocycles. The van der Waals surface area contributed by atoms with E-state index in [2.05, 4.69) is 10.3 Å². The number of carbonyl (C=O) groups excluding carboxylic acids is 2. The molecule has 0 saturated heterocycles. The van der Waals surface area contributed by atoms with Crippen molar-refractivity contribution in [2.45, 2.75) is 26.1 Å². The van der Waals surface area contributed by atoms with Gasteiger partial charge in [-0.3, -0.25) is 14.6 Å². The van der Waals surface area contributed by atoms with Gasteiger partial charge < -0.3 is 19.7 Å². The molecule has 1 heterocycles. The van der Waals surface area contributed by atoms with E-state index in [0.717, 1.165) is 16.9 Å². The summed E-state index contributed by atoms with van der Waals surface area (Å²) in [6.45, 7) is 2.15. The zero-order valence-corrected chi connectivity index (χ0v) is 18.2. The Kier molecular flexibility index (Phi) is 8.20. The van der Waals surface area contributed by atoms with Crippen molar-refractivity contribution in [2.24, 2.45) is 0 Å². The van der Waals surface area contributed by atoms with Gasteiger partial charge in [0.25, 0.3) is 5.91 Å². The van der Waals surface area contributed by atoms with Crippen molar-refractivity contribution in [1.29, 1.82) is 0 Å². The highest BCUT2D eigenvalue weighted by atomic mass is 16.5. The molecule has 1 unspecified atom stereocenters.